The Balaban J connectivity index is 2.20. The Kier molecular flexibility index (Phi) is 4.74. The van der Waals surface area contributed by atoms with E-state index in [1.165, 1.54) is 18.4 Å². The summed E-state index contributed by atoms with van der Waals surface area (Å²) in [7, 11) is 2.06. The molecule has 0 radical (unpaired) electrons. The van der Waals surface area contributed by atoms with E-state index in [1.807, 2.05) is 0 Å². The number of para-hydroxylation sites is 1. The first-order valence-corrected chi connectivity index (χ1v) is 7.88. The Morgan fingerprint density at radius 1 is 1.25 bits per heavy atom. The van der Waals surface area contributed by atoms with E-state index in [-0.39, 0.29) is 6.10 Å². The highest BCUT2D eigenvalue weighted by atomic mass is 16.5. The summed E-state index contributed by atoms with van der Waals surface area (Å²) in [5.74, 6) is 1.56. The van der Waals surface area contributed by atoms with E-state index in [0.29, 0.717) is 17.4 Å². The molecule has 0 saturated heterocycles. The van der Waals surface area contributed by atoms with Crippen LogP contribution in [0.1, 0.15) is 58.4 Å². The quantitative estimate of drug-likeness (QED) is 0.881. The molecule has 1 aliphatic carbocycles. The normalized spacial score (nSPS) is 25.7. The molecule has 20 heavy (non-hydrogen) atoms. The van der Waals surface area contributed by atoms with Crippen molar-refractivity contribution in [1.82, 2.24) is 5.32 Å². The maximum Gasteiger partial charge on any atom is 0.123 e. The van der Waals surface area contributed by atoms with Crippen LogP contribution < -0.4 is 10.1 Å². The Morgan fingerprint density at radius 3 is 2.60 bits per heavy atom. The molecular weight excluding hydrogens is 246 g/mol. The third-order valence-corrected chi connectivity index (χ3v) is 4.65. The van der Waals surface area contributed by atoms with Crippen LogP contribution in [0.5, 0.6) is 5.75 Å². The standard InChI is InChI=1S/C18H29NO/c1-13(2)14-9-6-7-10-15(14)20-16-11-8-12-18(3,4)17(16)19-5/h6-7,9-10,13,16-17,19H,8,11-12H2,1-5H3. The molecule has 0 spiro atoms. The van der Waals surface area contributed by atoms with Crippen LogP contribution in [-0.4, -0.2) is 19.2 Å². The van der Waals surface area contributed by atoms with Crippen LogP contribution in [0.2, 0.25) is 0 Å². The van der Waals surface area contributed by atoms with Gasteiger partial charge in [-0.15, -0.1) is 0 Å². The van der Waals surface area contributed by atoms with Crippen LogP contribution in [0.3, 0.4) is 0 Å². The number of ether oxygens (including phenoxy) is 1. The molecule has 2 heteroatoms. The van der Waals surface area contributed by atoms with E-state index in [0.717, 1.165) is 12.2 Å². The van der Waals surface area contributed by atoms with Gasteiger partial charge in [-0.3, -0.25) is 0 Å². The van der Waals surface area contributed by atoms with Gasteiger partial charge in [-0.1, -0.05) is 45.9 Å². The molecule has 1 aromatic carbocycles. The highest BCUT2D eigenvalue weighted by Crippen LogP contribution is 2.38. The summed E-state index contributed by atoms with van der Waals surface area (Å²) in [5, 5.41) is 3.49. The molecule has 1 fully saturated rings. The van der Waals surface area contributed by atoms with Crippen LogP contribution >= 0.6 is 0 Å². The molecule has 0 aromatic heterocycles. The monoisotopic (exact) mass is 275 g/mol. The summed E-state index contributed by atoms with van der Waals surface area (Å²) in [6.07, 6.45) is 3.93. The van der Waals surface area contributed by atoms with Crippen molar-refractivity contribution in [1.29, 1.82) is 0 Å². The lowest BCUT2D eigenvalue weighted by atomic mass is 9.72. The summed E-state index contributed by atoms with van der Waals surface area (Å²) in [6.45, 7) is 9.14. The Morgan fingerprint density at radius 2 is 1.95 bits per heavy atom. The largest absolute Gasteiger partial charge is 0.488 e. The van der Waals surface area contributed by atoms with Gasteiger partial charge in [0.2, 0.25) is 0 Å². The van der Waals surface area contributed by atoms with Gasteiger partial charge in [0, 0.05) is 6.04 Å². The first-order chi connectivity index (χ1) is 9.45. The molecule has 112 valence electrons. The molecule has 1 aromatic rings. The first-order valence-electron chi connectivity index (χ1n) is 7.88. The summed E-state index contributed by atoms with van der Waals surface area (Å²) >= 11 is 0. The summed E-state index contributed by atoms with van der Waals surface area (Å²) in [4.78, 5) is 0. The number of nitrogens with one attached hydrogen (secondary N) is 1. The Hall–Kier alpha value is -1.02. The van der Waals surface area contributed by atoms with E-state index in [2.05, 4.69) is 64.3 Å². The summed E-state index contributed by atoms with van der Waals surface area (Å²) in [5.41, 5.74) is 1.61. The predicted octanol–water partition coefficient (Wildman–Crippen LogP) is 4.36. The average Bonchev–Trinajstić information content (AvgIpc) is 2.38. The second-order valence-corrected chi connectivity index (χ2v) is 7.00. The molecule has 1 saturated carbocycles. The zero-order valence-electron chi connectivity index (χ0n) is 13.6. The Labute approximate surface area is 123 Å². The van der Waals surface area contributed by atoms with Gasteiger partial charge in [0.05, 0.1) is 0 Å². The zero-order valence-corrected chi connectivity index (χ0v) is 13.6. The maximum atomic E-state index is 6.42. The molecule has 0 bridgehead atoms. The van der Waals surface area contributed by atoms with Gasteiger partial charge in [0.15, 0.2) is 0 Å². The van der Waals surface area contributed by atoms with Crippen molar-refractivity contribution in [3.8, 4) is 5.75 Å². The average molecular weight is 275 g/mol. The molecule has 2 rings (SSSR count). The third kappa shape index (κ3) is 3.17. The maximum absolute atomic E-state index is 6.42. The van der Waals surface area contributed by atoms with Crippen LogP contribution in [-0.2, 0) is 0 Å². The van der Waals surface area contributed by atoms with E-state index in [4.69, 9.17) is 4.74 Å². The van der Waals surface area contributed by atoms with Crippen molar-refractivity contribution in [2.75, 3.05) is 7.05 Å². The van der Waals surface area contributed by atoms with Gasteiger partial charge < -0.3 is 10.1 Å². The molecule has 0 aliphatic heterocycles. The minimum absolute atomic E-state index is 0.267. The van der Waals surface area contributed by atoms with Crippen LogP contribution in [0.4, 0.5) is 0 Å². The van der Waals surface area contributed by atoms with E-state index >= 15 is 0 Å². The van der Waals surface area contributed by atoms with Crippen molar-refractivity contribution in [2.45, 2.75) is 65.0 Å². The number of benzene rings is 1. The fourth-order valence-corrected chi connectivity index (χ4v) is 3.52. The van der Waals surface area contributed by atoms with Gasteiger partial charge in [-0.25, -0.2) is 0 Å². The summed E-state index contributed by atoms with van der Waals surface area (Å²) < 4.78 is 6.42. The number of hydrogen-bond acceptors (Lipinski definition) is 2. The molecule has 0 heterocycles. The first kappa shape index (κ1) is 15.4. The smallest absolute Gasteiger partial charge is 0.123 e. The van der Waals surface area contributed by atoms with Crippen molar-refractivity contribution in [3.63, 3.8) is 0 Å². The third-order valence-electron chi connectivity index (χ3n) is 4.65. The molecule has 1 aliphatic rings. The second kappa shape index (κ2) is 6.17. The van der Waals surface area contributed by atoms with Crippen molar-refractivity contribution in [2.24, 2.45) is 5.41 Å². The molecular formula is C18H29NO. The SMILES string of the molecule is CNC1C(Oc2ccccc2C(C)C)CCCC1(C)C. The highest BCUT2D eigenvalue weighted by molar-refractivity contribution is 5.36. The van der Waals surface area contributed by atoms with Gasteiger partial charge in [0.25, 0.3) is 0 Å². The fourth-order valence-electron chi connectivity index (χ4n) is 3.52. The van der Waals surface area contributed by atoms with E-state index in [1.54, 1.807) is 0 Å². The lowest BCUT2D eigenvalue weighted by Gasteiger charge is -2.43. The predicted molar refractivity (Wildman–Crippen MR) is 85.4 cm³/mol. The minimum atomic E-state index is 0.267. The van der Waals surface area contributed by atoms with E-state index < -0.39 is 0 Å². The molecule has 0 amide bonds. The van der Waals surface area contributed by atoms with Crippen molar-refractivity contribution >= 4 is 0 Å². The Bertz CT molecular complexity index is 439. The van der Waals surface area contributed by atoms with E-state index in [9.17, 15) is 0 Å². The summed E-state index contributed by atoms with van der Waals surface area (Å²) in [6, 6.07) is 8.88. The lowest BCUT2D eigenvalue weighted by molar-refractivity contribution is 0.0396. The van der Waals surface area contributed by atoms with Crippen LogP contribution in [0, 0.1) is 5.41 Å². The van der Waals surface area contributed by atoms with Gasteiger partial charge in [-0.2, -0.15) is 0 Å². The molecule has 2 nitrogen and oxygen atoms in total. The highest BCUT2D eigenvalue weighted by Gasteiger charge is 2.39. The minimum Gasteiger partial charge on any atom is -0.488 e. The zero-order chi connectivity index (χ0) is 14.8. The number of likely N-dealkylation sites (N-methyl/N-ethyl adjacent to an activating group) is 1. The molecule has 2 unspecified atom stereocenters. The van der Waals surface area contributed by atoms with Gasteiger partial charge >= 0.3 is 0 Å². The van der Waals surface area contributed by atoms with Crippen LogP contribution in [0.15, 0.2) is 24.3 Å². The van der Waals surface area contributed by atoms with Crippen molar-refractivity contribution in [3.05, 3.63) is 29.8 Å². The van der Waals surface area contributed by atoms with Gasteiger partial charge in [-0.05, 0) is 49.3 Å². The fraction of sp³-hybridized carbons (Fsp3) is 0.667. The van der Waals surface area contributed by atoms with Crippen LogP contribution in [0.25, 0.3) is 0 Å². The number of hydrogen-bond donors (Lipinski definition) is 1. The second-order valence-electron chi connectivity index (χ2n) is 7.00. The van der Waals surface area contributed by atoms with Crippen molar-refractivity contribution < 1.29 is 4.74 Å². The lowest BCUT2D eigenvalue weighted by Crippen LogP contribution is -2.53. The van der Waals surface area contributed by atoms with Gasteiger partial charge in [0.1, 0.15) is 11.9 Å². The molecule has 2 atom stereocenters. The number of rotatable bonds is 4. The molecule has 1 N–H and O–H groups in total. The topological polar surface area (TPSA) is 21.3 Å².